The Hall–Kier alpha value is -2.99. The zero-order valence-electron chi connectivity index (χ0n) is 14.8. The second kappa shape index (κ2) is 7.09. The zero-order chi connectivity index (χ0) is 18.7. The average molecular weight is 351 g/mol. The Bertz CT molecular complexity index is 934. The number of nitro groups is 1. The molecule has 6 nitrogen and oxygen atoms in total. The molecule has 0 unspecified atom stereocenters. The second-order valence-corrected chi connectivity index (χ2v) is 6.96. The molecule has 0 bridgehead atoms. The summed E-state index contributed by atoms with van der Waals surface area (Å²) in [6, 6.07) is 15.8. The van der Waals surface area contributed by atoms with Crippen LogP contribution in [0.3, 0.4) is 0 Å². The van der Waals surface area contributed by atoms with Crippen molar-refractivity contribution in [2.45, 2.75) is 25.9 Å². The van der Waals surface area contributed by atoms with Crippen molar-refractivity contribution in [3.63, 3.8) is 0 Å². The predicted molar refractivity (Wildman–Crippen MR) is 102 cm³/mol. The van der Waals surface area contributed by atoms with E-state index in [1.54, 1.807) is 13.8 Å². The molecular formula is C20H21N3O3. The predicted octanol–water partition coefficient (Wildman–Crippen LogP) is 3.92. The molecule has 1 aromatic heterocycles. The topological polar surface area (TPSA) is 88.3 Å². The average Bonchev–Trinajstić information content (AvgIpc) is 2.59. The third kappa shape index (κ3) is 4.15. The normalized spacial score (nSPS) is 11.5. The van der Waals surface area contributed by atoms with Crippen LogP contribution in [0.15, 0.2) is 54.7 Å². The molecule has 0 saturated heterocycles. The molecule has 1 heterocycles. The van der Waals surface area contributed by atoms with E-state index in [2.05, 4.69) is 22.4 Å². The molecule has 26 heavy (non-hydrogen) atoms. The van der Waals surface area contributed by atoms with Gasteiger partial charge in [0.15, 0.2) is 0 Å². The second-order valence-electron chi connectivity index (χ2n) is 6.96. The van der Waals surface area contributed by atoms with E-state index in [0.29, 0.717) is 16.6 Å². The van der Waals surface area contributed by atoms with Gasteiger partial charge in [-0.1, -0.05) is 42.5 Å². The molecule has 134 valence electrons. The number of nitrogens with zero attached hydrogens (tertiary/aromatic N) is 2. The van der Waals surface area contributed by atoms with Gasteiger partial charge < -0.3 is 10.4 Å². The minimum absolute atomic E-state index is 0.0995. The van der Waals surface area contributed by atoms with Gasteiger partial charge >= 0.3 is 5.69 Å². The highest BCUT2D eigenvalue weighted by molar-refractivity contribution is 5.96. The van der Waals surface area contributed by atoms with Gasteiger partial charge in [-0.15, -0.1) is 0 Å². The molecule has 0 amide bonds. The zero-order valence-corrected chi connectivity index (χ0v) is 14.8. The van der Waals surface area contributed by atoms with Crippen molar-refractivity contribution in [2.75, 3.05) is 11.9 Å². The molecule has 2 N–H and O–H groups in total. The summed E-state index contributed by atoms with van der Waals surface area (Å²) in [4.78, 5) is 15.2. The van der Waals surface area contributed by atoms with Gasteiger partial charge in [-0.3, -0.25) is 10.1 Å². The van der Waals surface area contributed by atoms with Crippen molar-refractivity contribution in [1.82, 2.24) is 4.98 Å². The third-order valence-electron chi connectivity index (χ3n) is 4.06. The Kier molecular flexibility index (Phi) is 4.86. The van der Waals surface area contributed by atoms with Crippen molar-refractivity contribution in [1.29, 1.82) is 0 Å². The molecule has 0 aliphatic carbocycles. The van der Waals surface area contributed by atoms with E-state index in [1.165, 1.54) is 11.8 Å². The van der Waals surface area contributed by atoms with Crippen molar-refractivity contribution in [2.24, 2.45) is 0 Å². The molecule has 6 heteroatoms. The highest BCUT2D eigenvalue weighted by Gasteiger charge is 2.21. The maximum absolute atomic E-state index is 11.4. The van der Waals surface area contributed by atoms with Gasteiger partial charge in [0.25, 0.3) is 0 Å². The summed E-state index contributed by atoms with van der Waals surface area (Å²) < 4.78 is 0. The first-order valence-electron chi connectivity index (χ1n) is 8.40. The van der Waals surface area contributed by atoms with E-state index >= 15 is 0 Å². The molecule has 0 radical (unpaired) electrons. The van der Waals surface area contributed by atoms with Crippen LogP contribution in [0.25, 0.3) is 10.9 Å². The SMILES string of the molecule is CC(C)(O)CNc1c([N+](=O)[O-])cnc2cc(Cc3ccccc3)ccc12. The number of benzene rings is 2. The lowest BCUT2D eigenvalue weighted by molar-refractivity contribution is -0.384. The smallest absolute Gasteiger partial charge is 0.311 e. The van der Waals surface area contributed by atoms with Gasteiger partial charge in [0.05, 0.1) is 16.0 Å². The van der Waals surface area contributed by atoms with Gasteiger partial charge in [-0.25, -0.2) is 4.98 Å². The van der Waals surface area contributed by atoms with Crippen molar-refractivity contribution < 1.29 is 10.0 Å². The molecule has 3 aromatic rings. The minimum atomic E-state index is -0.989. The third-order valence-corrected chi connectivity index (χ3v) is 4.06. The maximum Gasteiger partial charge on any atom is 0.311 e. The molecule has 3 rings (SSSR count). The number of anilines is 1. The number of nitrogens with one attached hydrogen (secondary N) is 1. The van der Waals surface area contributed by atoms with Crippen molar-refractivity contribution >= 4 is 22.3 Å². The van der Waals surface area contributed by atoms with Crippen LogP contribution in [0.1, 0.15) is 25.0 Å². The van der Waals surface area contributed by atoms with E-state index in [-0.39, 0.29) is 12.2 Å². The largest absolute Gasteiger partial charge is 0.389 e. The molecule has 0 atom stereocenters. The first-order chi connectivity index (χ1) is 12.3. The number of aliphatic hydroxyl groups is 1. The van der Waals surface area contributed by atoms with Gasteiger partial charge in [0.1, 0.15) is 11.9 Å². The van der Waals surface area contributed by atoms with E-state index in [4.69, 9.17) is 0 Å². The summed E-state index contributed by atoms with van der Waals surface area (Å²) in [5.41, 5.74) is 2.25. The van der Waals surface area contributed by atoms with Crippen LogP contribution in [-0.2, 0) is 6.42 Å². The minimum Gasteiger partial charge on any atom is -0.389 e. The summed E-state index contributed by atoms with van der Waals surface area (Å²) in [5.74, 6) is 0. The molecule has 2 aromatic carbocycles. The number of rotatable bonds is 6. The monoisotopic (exact) mass is 351 g/mol. The molecule has 0 fully saturated rings. The lowest BCUT2D eigenvalue weighted by Crippen LogP contribution is -2.29. The van der Waals surface area contributed by atoms with Crippen LogP contribution in [-0.4, -0.2) is 27.2 Å². The molecule has 0 aliphatic rings. The van der Waals surface area contributed by atoms with E-state index in [9.17, 15) is 15.2 Å². The summed E-state index contributed by atoms with van der Waals surface area (Å²) >= 11 is 0. The Morgan fingerprint density at radius 2 is 1.88 bits per heavy atom. The summed E-state index contributed by atoms with van der Waals surface area (Å²) in [7, 11) is 0. The van der Waals surface area contributed by atoms with Crippen LogP contribution in [0, 0.1) is 10.1 Å². The lowest BCUT2D eigenvalue weighted by Gasteiger charge is -2.19. The Balaban J connectivity index is 2.00. The summed E-state index contributed by atoms with van der Waals surface area (Å²) in [5, 5.41) is 25.0. The van der Waals surface area contributed by atoms with Gasteiger partial charge in [0, 0.05) is 11.9 Å². The lowest BCUT2D eigenvalue weighted by atomic mass is 10.0. The molecule has 0 saturated carbocycles. The fraction of sp³-hybridized carbons (Fsp3) is 0.250. The van der Waals surface area contributed by atoms with Crippen LogP contribution < -0.4 is 5.32 Å². The number of hydrogen-bond acceptors (Lipinski definition) is 5. The highest BCUT2D eigenvalue weighted by Crippen LogP contribution is 2.32. The standard InChI is InChI=1S/C20H21N3O3/c1-20(2,24)13-22-19-16-9-8-15(10-14-6-4-3-5-7-14)11-17(16)21-12-18(19)23(25)26/h3-9,11-12,24H,10,13H2,1-2H3,(H,21,22). The fourth-order valence-corrected chi connectivity index (χ4v) is 2.80. The Labute approximate surface area is 151 Å². The maximum atomic E-state index is 11.4. The first-order valence-corrected chi connectivity index (χ1v) is 8.40. The number of aromatic nitrogens is 1. The van der Waals surface area contributed by atoms with Crippen LogP contribution in [0.5, 0.6) is 0 Å². The van der Waals surface area contributed by atoms with Gasteiger partial charge in [-0.05, 0) is 37.5 Å². The number of hydrogen-bond donors (Lipinski definition) is 2. The van der Waals surface area contributed by atoms with Crippen molar-refractivity contribution in [3.05, 3.63) is 76.0 Å². The van der Waals surface area contributed by atoms with Crippen LogP contribution >= 0.6 is 0 Å². The molecule has 0 spiro atoms. The Morgan fingerprint density at radius 1 is 1.15 bits per heavy atom. The van der Waals surface area contributed by atoms with Crippen molar-refractivity contribution in [3.8, 4) is 0 Å². The van der Waals surface area contributed by atoms with Crippen LogP contribution in [0.4, 0.5) is 11.4 Å². The Morgan fingerprint density at radius 3 is 2.54 bits per heavy atom. The molecule has 0 aliphatic heterocycles. The fourth-order valence-electron chi connectivity index (χ4n) is 2.80. The summed E-state index contributed by atoms with van der Waals surface area (Å²) in [6.45, 7) is 3.49. The first kappa shape index (κ1) is 17.8. The van der Waals surface area contributed by atoms with E-state index in [0.717, 1.165) is 12.0 Å². The summed E-state index contributed by atoms with van der Waals surface area (Å²) in [6.07, 6.45) is 2.03. The van der Waals surface area contributed by atoms with Crippen LogP contribution in [0.2, 0.25) is 0 Å². The van der Waals surface area contributed by atoms with Gasteiger partial charge in [0.2, 0.25) is 0 Å². The van der Waals surface area contributed by atoms with E-state index < -0.39 is 10.5 Å². The van der Waals surface area contributed by atoms with Gasteiger partial charge in [-0.2, -0.15) is 0 Å². The highest BCUT2D eigenvalue weighted by atomic mass is 16.6. The number of fused-ring (bicyclic) bond motifs is 1. The number of pyridine rings is 1. The quantitative estimate of drug-likeness (QED) is 0.519. The molecular weight excluding hydrogens is 330 g/mol. The van der Waals surface area contributed by atoms with E-state index in [1.807, 2.05) is 36.4 Å².